The number of Topliss-reactive ketones (excluding diaryl/α,β-unsaturated/α-hetero) is 1. The van der Waals surface area contributed by atoms with Gasteiger partial charge in [-0.1, -0.05) is 51.8 Å². The Kier molecular flexibility index (Phi) is 6.06. The lowest BCUT2D eigenvalue weighted by atomic mass is 9.96. The molecule has 0 bridgehead atoms. The highest BCUT2D eigenvalue weighted by Gasteiger charge is 2.15. The monoisotopic (exact) mass is 247 g/mol. The first-order chi connectivity index (χ1) is 8.54. The normalized spacial score (nSPS) is 12.7. The SMILES string of the molecule is CCCCC(N)C(=O)c1cccc(CC(C)C)c1. The first-order valence-corrected chi connectivity index (χ1v) is 6.93. The van der Waals surface area contributed by atoms with Gasteiger partial charge in [-0.25, -0.2) is 0 Å². The summed E-state index contributed by atoms with van der Waals surface area (Å²) in [7, 11) is 0. The lowest BCUT2D eigenvalue weighted by molar-refractivity contribution is 0.0956. The van der Waals surface area contributed by atoms with Crippen molar-refractivity contribution in [1.29, 1.82) is 0 Å². The van der Waals surface area contributed by atoms with Crippen LogP contribution in [0.15, 0.2) is 24.3 Å². The maximum absolute atomic E-state index is 12.2. The van der Waals surface area contributed by atoms with Crippen LogP contribution in [0.5, 0.6) is 0 Å². The number of unbranched alkanes of at least 4 members (excludes halogenated alkanes) is 1. The molecule has 0 spiro atoms. The largest absolute Gasteiger partial charge is 0.321 e. The number of ketones is 1. The van der Waals surface area contributed by atoms with Gasteiger partial charge in [0.1, 0.15) is 0 Å². The topological polar surface area (TPSA) is 43.1 Å². The molecule has 1 rings (SSSR count). The number of hydrogen-bond acceptors (Lipinski definition) is 2. The van der Waals surface area contributed by atoms with E-state index in [2.05, 4.69) is 26.8 Å². The van der Waals surface area contributed by atoms with Crippen LogP contribution in [-0.2, 0) is 6.42 Å². The van der Waals surface area contributed by atoms with Crippen LogP contribution in [0.1, 0.15) is 56.0 Å². The van der Waals surface area contributed by atoms with Crippen LogP contribution in [0.3, 0.4) is 0 Å². The Hall–Kier alpha value is -1.15. The lowest BCUT2D eigenvalue weighted by Gasteiger charge is -2.11. The maximum Gasteiger partial charge on any atom is 0.179 e. The van der Waals surface area contributed by atoms with Gasteiger partial charge in [-0.3, -0.25) is 4.79 Å². The van der Waals surface area contributed by atoms with Crippen molar-refractivity contribution >= 4 is 5.78 Å². The summed E-state index contributed by atoms with van der Waals surface area (Å²) in [5, 5.41) is 0. The predicted octanol–water partition coefficient (Wildman–Crippen LogP) is 3.59. The van der Waals surface area contributed by atoms with E-state index in [0.717, 1.165) is 31.2 Å². The summed E-state index contributed by atoms with van der Waals surface area (Å²) in [6, 6.07) is 7.55. The Morgan fingerprint density at radius 1 is 1.33 bits per heavy atom. The number of rotatable bonds is 7. The van der Waals surface area contributed by atoms with E-state index in [9.17, 15) is 4.79 Å². The molecule has 0 aromatic heterocycles. The van der Waals surface area contributed by atoms with Crippen molar-refractivity contribution < 1.29 is 4.79 Å². The minimum atomic E-state index is -0.348. The molecule has 1 aromatic carbocycles. The summed E-state index contributed by atoms with van der Waals surface area (Å²) in [5.74, 6) is 0.679. The smallest absolute Gasteiger partial charge is 0.179 e. The van der Waals surface area contributed by atoms with Gasteiger partial charge in [0.05, 0.1) is 6.04 Å². The molecule has 100 valence electrons. The molecule has 0 aliphatic heterocycles. The van der Waals surface area contributed by atoms with E-state index in [1.54, 1.807) is 0 Å². The van der Waals surface area contributed by atoms with Crippen LogP contribution in [0.4, 0.5) is 0 Å². The van der Waals surface area contributed by atoms with Gasteiger partial charge in [0.25, 0.3) is 0 Å². The number of hydrogen-bond donors (Lipinski definition) is 1. The molecule has 0 aliphatic rings. The molecule has 0 fully saturated rings. The van der Waals surface area contributed by atoms with Crippen molar-refractivity contribution in [3.8, 4) is 0 Å². The van der Waals surface area contributed by atoms with Gasteiger partial charge in [0.15, 0.2) is 5.78 Å². The Labute approximate surface area is 111 Å². The molecule has 2 nitrogen and oxygen atoms in total. The van der Waals surface area contributed by atoms with E-state index in [-0.39, 0.29) is 11.8 Å². The molecule has 0 saturated carbocycles. The van der Waals surface area contributed by atoms with Gasteiger partial charge >= 0.3 is 0 Å². The maximum atomic E-state index is 12.2. The van der Waals surface area contributed by atoms with Crippen molar-refractivity contribution in [2.24, 2.45) is 11.7 Å². The quantitative estimate of drug-likeness (QED) is 0.748. The lowest BCUT2D eigenvalue weighted by Crippen LogP contribution is -2.30. The zero-order valence-electron chi connectivity index (χ0n) is 11.8. The summed E-state index contributed by atoms with van der Waals surface area (Å²) in [5.41, 5.74) is 7.92. The average molecular weight is 247 g/mol. The fraction of sp³-hybridized carbons (Fsp3) is 0.562. The van der Waals surface area contributed by atoms with Gasteiger partial charge in [0, 0.05) is 5.56 Å². The van der Waals surface area contributed by atoms with Gasteiger partial charge in [-0.15, -0.1) is 0 Å². The third-order valence-electron chi connectivity index (χ3n) is 3.06. The van der Waals surface area contributed by atoms with E-state index >= 15 is 0 Å². The van der Waals surface area contributed by atoms with Gasteiger partial charge in [-0.05, 0) is 30.4 Å². The Balaban J connectivity index is 2.73. The minimum absolute atomic E-state index is 0.0778. The summed E-state index contributed by atoms with van der Waals surface area (Å²) >= 11 is 0. The molecule has 0 amide bonds. The predicted molar refractivity (Wildman–Crippen MR) is 76.8 cm³/mol. The molecule has 1 aromatic rings. The molecular formula is C16H25NO. The van der Waals surface area contributed by atoms with Crippen molar-refractivity contribution in [2.45, 2.75) is 52.5 Å². The number of carbonyl (C=O) groups excluding carboxylic acids is 1. The second kappa shape index (κ2) is 7.32. The molecule has 1 atom stereocenters. The zero-order valence-corrected chi connectivity index (χ0v) is 11.8. The van der Waals surface area contributed by atoms with Crippen molar-refractivity contribution in [2.75, 3.05) is 0 Å². The molecule has 2 N–H and O–H groups in total. The van der Waals surface area contributed by atoms with Gasteiger partial charge in [-0.2, -0.15) is 0 Å². The fourth-order valence-corrected chi connectivity index (χ4v) is 2.09. The average Bonchev–Trinajstić information content (AvgIpc) is 2.34. The summed E-state index contributed by atoms with van der Waals surface area (Å²) in [6.45, 7) is 6.48. The second-order valence-electron chi connectivity index (χ2n) is 5.41. The van der Waals surface area contributed by atoms with E-state index in [4.69, 9.17) is 5.73 Å². The zero-order chi connectivity index (χ0) is 13.5. The molecular weight excluding hydrogens is 222 g/mol. The molecule has 0 heterocycles. The number of nitrogens with two attached hydrogens (primary N) is 1. The van der Waals surface area contributed by atoms with E-state index in [0.29, 0.717) is 5.92 Å². The third kappa shape index (κ3) is 4.61. The molecule has 1 unspecified atom stereocenters. The number of benzene rings is 1. The van der Waals surface area contributed by atoms with E-state index < -0.39 is 0 Å². The van der Waals surface area contributed by atoms with Crippen molar-refractivity contribution in [1.82, 2.24) is 0 Å². The van der Waals surface area contributed by atoms with Crippen LogP contribution >= 0.6 is 0 Å². The Morgan fingerprint density at radius 2 is 2.06 bits per heavy atom. The van der Waals surface area contributed by atoms with Crippen LogP contribution in [0, 0.1) is 5.92 Å². The third-order valence-corrected chi connectivity index (χ3v) is 3.06. The molecule has 0 saturated heterocycles. The van der Waals surface area contributed by atoms with Gasteiger partial charge in [0.2, 0.25) is 0 Å². The fourth-order valence-electron chi connectivity index (χ4n) is 2.09. The molecule has 2 heteroatoms. The summed E-state index contributed by atoms with van der Waals surface area (Å²) in [4.78, 5) is 12.2. The summed E-state index contributed by atoms with van der Waals surface area (Å²) in [6.07, 6.45) is 3.88. The Bertz CT molecular complexity index is 384. The summed E-state index contributed by atoms with van der Waals surface area (Å²) < 4.78 is 0. The first kappa shape index (κ1) is 14.9. The standard InChI is InChI=1S/C16H25NO/c1-4-5-9-15(17)16(18)14-8-6-7-13(11-14)10-12(2)3/h6-8,11-12,15H,4-5,9-10,17H2,1-3H3. The highest BCUT2D eigenvalue weighted by Crippen LogP contribution is 2.13. The van der Waals surface area contributed by atoms with Crippen LogP contribution in [0.25, 0.3) is 0 Å². The van der Waals surface area contributed by atoms with E-state index in [1.165, 1.54) is 5.56 Å². The van der Waals surface area contributed by atoms with Crippen LogP contribution in [-0.4, -0.2) is 11.8 Å². The van der Waals surface area contributed by atoms with E-state index in [1.807, 2.05) is 18.2 Å². The highest BCUT2D eigenvalue weighted by atomic mass is 16.1. The minimum Gasteiger partial charge on any atom is -0.321 e. The molecule has 18 heavy (non-hydrogen) atoms. The molecule has 0 aliphatic carbocycles. The van der Waals surface area contributed by atoms with Crippen molar-refractivity contribution in [3.63, 3.8) is 0 Å². The first-order valence-electron chi connectivity index (χ1n) is 6.93. The van der Waals surface area contributed by atoms with Gasteiger partial charge < -0.3 is 5.73 Å². The highest BCUT2D eigenvalue weighted by molar-refractivity contribution is 6.00. The second-order valence-corrected chi connectivity index (χ2v) is 5.41. The van der Waals surface area contributed by atoms with Crippen LogP contribution < -0.4 is 5.73 Å². The Morgan fingerprint density at radius 3 is 2.67 bits per heavy atom. The van der Waals surface area contributed by atoms with Crippen LogP contribution in [0.2, 0.25) is 0 Å². The molecule has 0 radical (unpaired) electrons. The number of carbonyl (C=O) groups is 1. The van der Waals surface area contributed by atoms with Crippen molar-refractivity contribution in [3.05, 3.63) is 35.4 Å².